The van der Waals surface area contributed by atoms with Crippen LogP contribution in [0.25, 0.3) is 0 Å². The predicted molar refractivity (Wildman–Crippen MR) is 130 cm³/mol. The Kier molecular flexibility index (Phi) is 6.28. The van der Waals surface area contributed by atoms with E-state index in [0.717, 1.165) is 32.7 Å². The fourth-order valence-electron chi connectivity index (χ4n) is 4.07. The standard InChI is InChI=1S/C25H27N5O5/c1-3-29-10-12-30(13-11-29)24(31)17-4-6-18(7-5-17)27-23-22(15-26-28(2)25(23)32)35-19-8-9-20-21(14-19)34-16-33-20/h4-9,14-15,27H,3,10-13,16H2,1-2H3. The van der Waals surface area contributed by atoms with Crippen molar-refractivity contribution in [2.45, 2.75) is 6.92 Å². The summed E-state index contributed by atoms with van der Waals surface area (Å²) in [4.78, 5) is 29.9. The summed E-state index contributed by atoms with van der Waals surface area (Å²) in [7, 11) is 1.57. The molecule has 2 aliphatic heterocycles. The number of carbonyl (C=O) groups is 1. The summed E-state index contributed by atoms with van der Waals surface area (Å²) in [5, 5.41) is 7.21. The molecular weight excluding hydrogens is 450 g/mol. The van der Waals surface area contributed by atoms with Gasteiger partial charge in [0, 0.05) is 50.5 Å². The first-order valence-electron chi connectivity index (χ1n) is 11.5. The van der Waals surface area contributed by atoms with Crippen LogP contribution in [0, 0.1) is 0 Å². The molecule has 1 aromatic heterocycles. The molecule has 1 saturated heterocycles. The molecule has 0 aliphatic carbocycles. The van der Waals surface area contributed by atoms with Gasteiger partial charge in [-0.05, 0) is 42.9 Å². The molecule has 10 heteroatoms. The van der Waals surface area contributed by atoms with Crippen LogP contribution in [0.1, 0.15) is 17.3 Å². The topological polar surface area (TPSA) is 98.2 Å². The fraction of sp³-hybridized carbons (Fsp3) is 0.320. The Morgan fingerprint density at radius 2 is 1.80 bits per heavy atom. The van der Waals surface area contributed by atoms with Gasteiger partial charge in [0.1, 0.15) is 5.75 Å². The van der Waals surface area contributed by atoms with Crippen molar-refractivity contribution in [1.82, 2.24) is 19.6 Å². The molecule has 5 rings (SSSR count). The summed E-state index contributed by atoms with van der Waals surface area (Å²) in [6, 6.07) is 12.3. The molecular formula is C25H27N5O5. The van der Waals surface area contributed by atoms with Gasteiger partial charge in [0.2, 0.25) is 6.79 Å². The Labute approximate surface area is 202 Å². The van der Waals surface area contributed by atoms with E-state index in [9.17, 15) is 9.59 Å². The number of hydrogen-bond acceptors (Lipinski definition) is 8. The first-order chi connectivity index (χ1) is 17.0. The number of aromatic nitrogens is 2. The highest BCUT2D eigenvalue weighted by Crippen LogP contribution is 2.37. The van der Waals surface area contributed by atoms with Crippen LogP contribution < -0.4 is 25.1 Å². The van der Waals surface area contributed by atoms with Gasteiger partial charge < -0.3 is 29.3 Å². The molecule has 1 fully saturated rings. The minimum Gasteiger partial charge on any atom is -0.454 e. The highest BCUT2D eigenvalue weighted by molar-refractivity contribution is 5.94. The van der Waals surface area contributed by atoms with E-state index in [1.165, 1.54) is 10.9 Å². The molecule has 0 saturated carbocycles. The minimum atomic E-state index is -0.350. The fourth-order valence-corrected chi connectivity index (χ4v) is 4.07. The zero-order valence-electron chi connectivity index (χ0n) is 19.7. The van der Waals surface area contributed by atoms with Gasteiger partial charge in [-0.3, -0.25) is 9.59 Å². The average molecular weight is 478 g/mol. The van der Waals surface area contributed by atoms with E-state index in [4.69, 9.17) is 14.2 Å². The van der Waals surface area contributed by atoms with Gasteiger partial charge in [-0.25, -0.2) is 4.68 Å². The molecule has 0 spiro atoms. The first kappa shape index (κ1) is 22.7. The lowest BCUT2D eigenvalue weighted by Crippen LogP contribution is -2.48. The third kappa shape index (κ3) is 4.78. The largest absolute Gasteiger partial charge is 0.454 e. The number of ether oxygens (including phenoxy) is 3. The van der Waals surface area contributed by atoms with Gasteiger partial charge in [-0.15, -0.1) is 0 Å². The maximum Gasteiger partial charge on any atom is 0.294 e. The third-order valence-electron chi connectivity index (χ3n) is 6.18. The van der Waals surface area contributed by atoms with Crippen molar-refractivity contribution in [2.75, 3.05) is 44.8 Å². The number of carbonyl (C=O) groups excluding carboxylic acids is 1. The van der Waals surface area contributed by atoms with Crippen LogP contribution in [0.15, 0.2) is 53.5 Å². The van der Waals surface area contributed by atoms with E-state index >= 15 is 0 Å². The van der Waals surface area contributed by atoms with E-state index in [0.29, 0.717) is 28.5 Å². The Hall–Kier alpha value is -4.05. The van der Waals surface area contributed by atoms with Gasteiger partial charge in [-0.1, -0.05) is 6.92 Å². The minimum absolute atomic E-state index is 0.0129. The van der Waals surface area contributed by atoms with Crippen LogP contribution in [0.2, 0.25) is 0 Å². The highest BCUT2D eigenvalue weighted by atomic mass is 16.7. The Morgan fingerprint density at radius 1 is 1.06 bits per heavy atom. The summed E-state index contributed by atoms with van der Waals surface area (Å²) >= 11 is 0. The highest BCUT2D eigenvalue weighted by Gasteiger charge is 2.22. The van der Waals surface area contributed by atoms with E-state index in [2.05, 4.69) is 22.2 Å². The van der Waals surface area contributed by atoms with Crippen molar-refractivity contribution >= 4 is 17.3 Å². The zero-order chi connectivity index (χ0) is 24.4. The molecule has 1 amide bonds. The summed E-state index contributed by atoms with van der Waals surface area (Å²) < 4.78 is 17.9. The van der Waals surface area contributed by atoms with Crippen molar-refractivity contribution in [2.24, 2.45) is 7.05 Å². The molecule has 35 heavy (non-hydrogen) atoms. The molecule has 0 atom stereocenters. The summed E-state index contributed by atoms with van der Waals surface area (Å²) in [5.74, 6) is 1.97. The van der Waals surface area contributed by atoms with Crippen LogP contribution in [0.3, 0.4) is 0 Å². The lowest BCUT2D eigenvalue weighted by molar-refractivity contribution is 0.0643. The number of fused-ring (bicyclic) bond motifs is 1. The quantitative estimate of drug-likeness (QED) is 0.579. The van der Waals surface area contributed by atoms with Gasteiger partial charge >= 0.3 is 0 Å². The van der Waals surface area contributed by atoms with Gasteiger partial charge in [0.25, 0.3) is 11.5 Å². The SMILES string of the molecule is CCN1CCN(C(=O)c2ccc(Nc3c(Oc4ccc5c(c4)OCO5)cnn(C)c3=O)cc2)CC1. The number of benzene rings is 2. The van der Waals surface area contributed by atoms with Gasteiger partial charge in [0.15, 0.2) is 22.9 Å². The number of aryl methyl sites for hydroxylation is 1. The number of amides is 1. The monoisotopic (exact) mass is 477 g/mol. The van der Waals surface area contributed by atoms with Crippen LogP contribution in [-0.2, 0) is 7.05 Å². The number of nitrogens with zero attached hydrogens (tertiary/aromatic N) is 4. The Balaban J connectivity index is 1.33. The number of rotatable bonds is 6. The Morgan fingerprint density at radius 3 is 2.54 bits per heavy atom. The van der Waals surface area contributed by atoms with Crippen LogP contribution in [0.4, 0.5) is 11.4 Å². The molecule has 10 nitrogen and oxygen atoms in total. The second-order valence-electron chi connectivity index (χ2n) is 8.36. The summed E-state index contributed by atoms with van der Waals surface area (Å²) in [5.41, 5.74) is 1.14. The maximum absolute atomic E-state index is 12.9. The van der Waals surface area contributed by atoms with Crippen LogP contribution in [-0.4, -0.2) is 65.0 Å². The van der Waals surface area contributed by atoms with Crippen molar-refractivity contribution in [3.8, 4) is 23.0 Å². The van der Waals surface area contributed by atoms with Gasteiger partial charge in [-0.2, -0.15) is 5.10 Å². The average Bonchev–Trinajstić information content (AvgIpc) is 3.36. The number of likely N-dealkylation sites (N-methyl/N-ethyl adjacent to an activating group) is 1. The number of nitrogens with one attached hydrogen (secondary N) is 1. The van der Waals surface area contributed by atoms with E-state index in [-0.39, 0.29) is 29.7 Å². The maximum atomic E-state index is 12.9. The second kappa shape index (κ2) is 9.67. The van der Waals surface area contributed by atoms with E-state index in [1.54, 1.807) is 49.5 Å². The van der Waals surface area contributed by atoms with Crippen molar-refractivity contribution < 1.29 is 19.0 Å². The van der Waals surface area contributed by atoms with E-state index in [1.807, 2.05) is 4.90 Å². The second-order valence-corrected chi connectivity index (χ2v) is 8.36. The normalized spacial score (nSPS) is 15.2. The molecule has 0 radical (unpaired) electrons. The molecule has 3 aromatic rings. The van der Waals surface area contributed by atoms with Crippen molar-refractivity contribution in [3.63, 3.8) is 0 Å². The van der Waals surface area contributed by atoms with Crippen molar-refractivity contribution in [1.29, 1.82) is 0 Å². The lowest BCUT2D eigenvalue weighted by atomic mass is 10.1. The third-order valence-corrected chi connectivity index (χ3v) is 6.18. The lowest BCUT2D eigenvalue weighted by Gasteiger charge is -2.34. The number of anilines is 2. The molecule has 1 N–H and O–H groups in total. The molecule has 0 unspecified atom stereocenters. The molecule has 3 heterocycles. The first-order valence-corrected chi connectivity index (χ1v) is 11.5. The summed E-state index contributed by atoms with van der Waals surface area (Å²) in [6.45, 7) is 6.51. The number of piperazine rings is 1. The smallest absolute Gasteiger partial charge is 0.294 e. The van der Waals surface area contributed by atoms with Crippen LogP contribution in [0.5, 0.6) is 23.0 Å². The predicted octanol–water partition coefficient (Wildman–Crippen LogP) is 2.82. The molecule has 2 aromatic carbocycles. The zero-order valence-corrected chi connectivity index (χ0v) is 19.7. The number of hydrogen-bond donors (Lipinski definition) is 1. The van der Waals surface area contributed by atoms with Crippen LogP contribution >= 0.6 is 0 Å². The molecule has 182 valence electrons. The molecule has 2 aliphatic rings. The Bertz CT molecular complexity index is 1280. The van der Waals surface area contributed by atoms with E-state index < -0.39 is 0 Å². The summed E-state index contributed by atoms with van der Waals surface area (Å²) in [6.07, 6.45) is 1.47. The van der Waals surface area contributed by atoms with Crippen molar-refractivity contribution in [3.05, 3.63) is 64.6 Å². The van der Waals surface area contributed by atoms with Gasteiger partial charge in [0.05, 0.1) is 6.20 Å². The molecule has 0 bridgehead atoms.